The van der Waals surface area contributed by atoms with Crippen molar-refractivity contribution in [3.05, 3.63) is 59.2 Å². The zero-order valence-electron chi connectivity index (χ0n) is 14.0. The molecule has 0 heterocycles. The molecule has 0 bridgehead atoms. The number of hydrogen-bond donors (Lipinski definition) is 2. The SMILES string of the molecule is CCOc1cc(CNCC(O)c2ccccc2C)ccc1OC. The van der Waals surface area contributed by atoms with Crippen molar-refractivity contribution in [2.75, 3.05) is 20.3 Å². The molecule has 4 nitrogen and oxygen atoms in total. The summed E-state index contributed by atoms with van der Waals surface area (Å²) in [5.41, 5.74) is 3.15. The third-order valence-electron chi connectivity index (χ3n) is 3.74. The largest absolute Gasteiger partial charge is 0.493 e. The summed E-state index contributed by atoms with van der Waals surface area (Å²) < 4.78 is 10.9. The Hall–Kier alpha value is -2.04. The normalized spacial score (nSPS) is 12.0. The quantitative estimate of drug-likeness (QED) is 0.785. The van der Waals surface area contributed by atoms with E-state index in [1.54, 1.807) is 7.11 Å². The van der Waals surface area contributed by atoms with Crippen molar-refractivity contribution in [1.29, 1.82) is 0 Å². The number of hydrogen-bond acceptors (Lipinski definition) is 4. The minimum atomic E-state index is -0.513. The van der Waals surface area contributed by atoms with E-state index in [0.717, 1.165) is 28.2 Å². The highest BCUT2D eigenvalue weighted by atomic mass is 16.5. The Morgan fingerprint density at radius 3 is 2.61 bits per heavy atom. The predicted octanol–water partition coefficient (Wildman–Crippen LogP) is 3.23. The number of aliphatic hydroxyl groups excluding tert-OH is 1. The lowest BCUT2D eigenvalue weighted by molar-refractivity contribution is 0.173. The molecule has 2 aromatic carbocycles. The maximum absolute atomic E-state index is 10.3. The van der Waals surface area contributed by atoms with Gasteiger partial charge in [-0.1, -0.05) is 30.3 Å². The van der Waals surface area contributed by atoms with Gasteiger partial charge < -0.3 is 19.9 Å². The van der Waals surface area contributed by atoms with E-state index in [0.29, 0.717) is 19.7 Å². The van der Waals surface area contributed by atoms with Crippen molar-refractivity contribution in [2.24, 2.45) is 0 Å². The standard InChI is InChI=1S/C19H25NO3/c1-4-23-19-11-15(9-10-18(19)22-3)12-20-13-17(21)16-8-6-5-7-14(16)2/h5-11,17,20-21H,4,12-13H2,1-3H3. The van der Waals surface area contributed by atoms with Gasteiger partial charge in [-0.25, -0.2) is 0 Å². The van der Waals surface area contributed by atoms with E-state index in [4.69, 9.17) is 9.47 Å². The summed E-state index contributed by atoms with van der Waals surface area (Å²) in [5, 5.41) is 13.6. The first kappa shape index (κ1) is 17.3. The van der Waals surface area contributed by atoms with Crippen LogP contribution in [0.2, 0.25) is 0 Å². The number of benzene rings is 2. The Morgan fingerprint density at radius 2 is 1.91 bits per heavy atom. The first-order valence-electron chi connectivity index (χ1n) is 7.89. The fourth-order valence-electron chi connectivity index (χ4n) is 2.52. The second-order valence-corrected chi connectivity index (χ2v) is 5.42. The molecule has 1 atom stereocenters. The van der Waals surface area contributed by atoms with Crippen LogP contribution >= 0.6 is 0 Å². The van der Waals surface area contributed by atoms with Crippen LogP contribution < -0.4 is 14.8 Å². The van der Waals surface area contributed by atoms with Crippen molar-refractivity contribution < 1.29 is 14.6 Å². The Balaban J connectivity index is 1.93. The molecule has 0 aliphatic rings. The summed E-state index contributed by atoms with van der Waals surface area (Å²) in [6.07, 6.45) is -0.513. The molecule has 0 aliphatic carbocycles. The van der Waals surface area contributed by atoms with Crippen LogP contribution in [0.25, 0.3) is 0 Å². The molecule has 2 N–H and O–H groups in total. The van der Waals surface area contributed by atoms with Gasteiger partial charge in [-0.05, 0) is 42.7 Å². The second-order valence-electron chi connectivity index (χ2n) is 5.42. The molecule has 2 aromatic rings. The maximum atomic E-state index is 10.3. The predicted molar refractivity (Wildman–Crippen MR) is 92.0 cm³/mol. The Kier molecular flexibility index (Phi) is 6.44. The van der Waals surface area contributed by atoms with E-state index in [-0.39, 0.29) is 0 Å². The first-order chi connectivity index (χ1) is 11.2. The van der Waals surface area contributed by atoms with Gasteiger partial charge in [0.15, 0.2) is 11.5 Å². The van der Waals surface area contributed by atoms with Gasteiger partial charge in [-0.3, -0.25) is 0 Å². The number of aryl methyl sites for hydroxylation is 1. The van der Waals surface area contributed by atoms with Crippen molar-refractivity contribution in [3.63, 3.8) is 0 Å². The zero-order valence-corrected chi connectivity index (χ0v) is 14.0. The van der Waals surface area contributed by atoms with Crippen LogP contribution in [0.15, 0.2) is 42.5 Å². The molecule has 124 valence electrons. The molecule has 4 heteroatoms. The fraction of sp³-hybridized carbons (Fsp3) is 0.368. The lowest BCUT2D eigenvalue weighted by Gasteiger charge is -2.15. The first-order valence-corrected chi connectivity index (χ1v) is 7.89. The highest BCUT2D eigenvalue weighted by Gasteiger charge is 2.10. The average molecular weight is 315 g/mol. The molecule has 0 aromatic heterocycles. The fourth-order valence-corrected chi connectivity index (χ4v) is 2.52. The Bertz CT molecular complexity index is 628. The van der Waals surface area contributed by atoms with Crippen molar-refractivity contribution in [1.82, 2.24) is 5.32 Å². The van der Waals surface area contributed by atoms with Crippen molar-refractivity contribution >= 4 is 0 Å². The molecule has 0 saturated heterocycles. The van der Waals surface area contributed by atoms with Gasteiger partial charge >= 0.3 is 0 Å². The molecule has 1 unspecified atom stereocenters. The number of ether oxygens (including phenoxy) is 2. The molecular weight excluding hydrogens is 290 g/mol. The van der Waals surface area contributed by atoms with E-state index in [9.17, 15) is 5.11 Å². The van der Waals surface area contributed by atoms with Gasteiger partial charge in [0, 0.05) is 13.1 Å². The molecule has 0 amide bonds. The number of aliphatic hydroxyl groups is 1. The summed E-state index contributed by atoms with van der Waals surface area (Å²) in [6.45, 7) is 5.71. The van der Waals surface area contributed by atoms with Crippen LogP contribution in [0.3, 0.4) is 0 Å². The van der Waals surface area contributed by atoms with Gasteiger partial charge in [0.25, 0.3) is 0 Å². The number of nitrogens with one attached hydrogen (secondary N) is 1. The third kappa shape index (κ3) is 4.71. The summed E-state index contributed by atoms with van der Waals surface area (Å²) in [4.78, 5) is 0. The lowest BCUT2D eigenvalue weighted by Crippen LogP contribution is -2.21. The van der Waals surface area contributed by atoms with Gasteiger partial charge in [-0.2, -0.15) is 0 Å². The lowest BCUT2D eigenvalue weighted by atomic mass is 10.0. The summed E-state index contributed by atoms with van der Waals surface area (Å²) >= 11 is 0. The van der Waals surface area contributed by atoms with Gasteiger partial charge in [0.1, 0.15) is 0 Å². The number of rotatable bonds is 8. The van der Waals surface area contributed by atoms with E-state index in [1.165, 1.54) is 0 Å². The van der Waals surface area contributed by atoms with Crippen molar-refractivity contribution in [2.45, 2.75) is 26.5 Å². The molecule has 0 spiro atoms. The summed E-state index contributed by atoms with van der Waals surface area (Å²) in [6, 6.07) is 13.8. The van der Waals surface area contributed by atoms with Crippen LogP contribution in [0.1, 0.15) is 29.7 Å². The topological polar surface area (TPSA) is 50.7 Å². The molecule has 0 fully saturated rings. The van der Waals surface area contributed by atoms with E-state index >= 15 is 0 Å². The smallest absolute Gasteiger partial charge is 0.161 e. The van der Waals surface area contributed by atoms with Gasteiger partial charge in [-0.15, -0.1) is 0 Å². The third-order valence-corrected chi connectivity index (χ3v) is 3.74. The van der Waals surface area contributed by atoms with Crippen LogP contribution in [0.4, 0.5) is 0 Å². The summed E-state index contributed by atoms with van der Waals surface area (Å²) in [7, 11) is 1.63. The highest BCUT2D eigenvalue weighted by molar-refractivity contribution is 5.43. The average Bonchev–Trinajstić information content (AvgIpc) is 2.56. The molecule has 0 saturated carbocycles. The Labute approximate surface area is 138 Å². The van der Waals surface area contributed by atoms with Crippen molar-refractivity contribution in [3.8, 4) is 11.5 Å². The molecule has 2 rings (SSSR count). The van der Waals surface area contributed by atoms with E-state index in [2.05, 4.69) is 5.32 Å². The molecule has 23 heavy (non-hydrogen) atoms. The Morgan fingerprint density at radius 1 is 1.13 bits per heavy atom. The monoisotopic (exact) mass is 315 g/mol. The minimum absolute atomic E-state index is 0.501. The van der Waals surface area contributed by atoms with Gasteiger partial charge in [0.2, 0.25) is 0 Å². The van der Waals surface area contributed by atoms with E-state index < -0.39 is 6.10 Å². The van der Waals surface area contributed by atoms with Gasteiger partial charge in [0.05, 0.1) is 19.8 Å². The van der Waals surface area contributed by atoms with E-state index in [1.807, 2.05) is 56.3 Å². The van der Waals surface area contributed by atoms with Crippen LogP contribution in [-0.2, 0) is 6.54 Å². The molecular formula is C19H25NO3. The highest BCUT2D eigenvalue weighted by Crippen LogP contribution is 2.28. The second kappa shape index (κ2) is 8.56. The molecule has 0 radical (unpaired) electrons. The maximum Gasteiger partial charge on any atom is 0.161 e. The number of methoxy groups -OCH3 is 1. The minimum Gasteiger partial charge on any atom is -0.493 e. The van der Waals surface area contributed by atoms with Crippen LogP contribution in [-0.4, -0.2) is 25.4 Å². The summed E-state index contributed by atoms with van der Waals surface area (Å²) in [5.74, 6) is 1.48. The van der Waals surface area contributed by atoms with Crippen LogP contribution in [0.5, 0.6) is 11.5 Å². The van der Waals surface area contributed by atoms with Crippen LogP contribution in [0, 0.1) is 6.92 Å². The molecule has 0 aliphatic heterocycles. The zero-order chi connectivity index (χ0) is 16.7.